The van der Waals surface area contributed by atoms with Crippen LogP contribution >= 0.6 is 0 Å². The number of carbonyl (C=O) groups excluding carboxylic acids is 1. The van der Waals surface area contributed by atoms with E-state index in [1.54, 1.807) is 5.32 Å². The van der Waals surface area contributed by atoms with Gasteiger partial charge in [-0.25, -0.2) is 18.2 Å². The van der Waals surface area contributed by atoms with E-state index in [0.717, 1.165) is 6.20 Å². The number of alkyl halides is 4. The summed E-state index contributed by atoms with van der Waals surface area (Å²) in [5.74, 6) is -5.17. The van der Waals surface area contributed by atoms with Crippen LogP contribution in [0, 0.1) is 11.2 Å². The van der Waals surface area contributed by atoms with Gasteiger partial charge < -0.3 is 27.1 Å². The summed E-state index contributed by atoms with van der Waals surface area (Å²) < 4.78 is 67.7. The Morgan fingerprint density at radius 2 is 2.14 bits per heavy atom. The number of pyridine rings is 1. The molecule has 1 aromatic heterocycles. The van der Waals surface area contributed by atoms with Gasteiger partial charge in [0.1, 0.15) is 0 Å². The quantitative estimate of drug-likeness (QED) is 0.276. The highest BCUT2D eigenvalue weighted by Crippen LogP contribution is 2.35. The summed E-state index contributed by atoms with van der Waals surface area (Å²) in [5.41, 5.74) is 4.90. The normalized spacial score (nSPS) is 23.6. The van der Waals surface area contributed by atoms with Gasteiger partial charge in [0.2, 0.25) is 0 Å². The minimum absolute atomic E-state index is 0.0940. The second-order valence-electron chi connectivity index (χ2n) is 6.80. The second kappa shape index (κ2) is 7.93. The summed E-state index contributed by atoms with van der Waals surface area (Å²) in [6, 6.07) is -2.56. The number of fused-ring (bicyclic) bond motifs is 1. The average Bonchev–Trinajstić information content (AvgIpc) is 3.04. The highest BCUT2D eigenvalue weighted by atomic mass is 19.3. The number of amides is 1. The van der Waals surface area contributed by atoms with Gasteiger partial charge >= 0.3 is 6.55 Å². The van der Waals surface area contributed by atoms with Crippen molar-refractivity contribution in [3.05, 3.63) is 28.8 Å². The van der Waals surface area contributed by atoms with Crippen LogP contribution in [0.5, 0.6) is 0 Å². The van der Waals surface area contributed by atoms with Gasteiger partial charge in [-0.15, -0.1) is 0 Å². The fourth-order valence-corrected chi connectivity index (χ4v) is 3.45. The van der Waals surface area contributed by atoms with E-state index in [1.807, 2.05) is 0 Å². The summed E-state index contributed by atoms with van der Waals surface area (Å²) in [6.45, 7) is -3.13. The van der Waals surface area contributed by atoms with Crippen LogP contribution in [0.1, 0.15) is 40.9 Å². The third kappa shape index (κ3) is 4.02. The number of rotatable bonds is 6. The first-order chi connectivity index (χ1) is 13.7. The Kier molecular flexibility index (Phi) is 5.73. The molecule has 0 spiro atoms. The van der Waals surface area contributed by atoms with Gasteiger partial charge in [-0.05, 0) is 12.8 Å². The van der Waals surface area contributed by atoms with Gasteiger partial charge in [0.05, 0.1) is 17.3 Å². The smallest absolute Gasteiger partial charge is 0.312 e. The molecule has 12 heteroatoms. The van der Waals surface area contributed by atoms with E-state index in [4.69, 9.17) is 11.1 Å². The molecule has 1 saturated carbocycles. The number of nitrogens with zero attached hydrogens (tertiary/aromatic N) is 1. The molecule has 1 aliphatic heterocycles. The number of aromatic nitrogens is 1. The van der Waals surface area contributed by atoms with E-state index in [2.05, 4.69) is 15.6 Å². The van der Waals surface area contributed by atoms with Crippen LogP contribution in [0.3, 0.4) is 0 Å². The number of hydrogen-bond acceptors (Lipinski definition) is 6. The summed E-state index contributed by atoms with van der Waals surface area (Å²) in [7, 11) is 0. The summed E-state index contributed by atoms with van der Waals surface area (Å²) in [6.07, 6.45) is 1.49. The van der Waals surface area contributed by atoms with Crippen molar-refractivity contribution in [1.29, 1.82) is 5.41 Å². The molecule has 0 aromatic carbocycles. The van der Waals surface area contributed by atoms with E-state index < -0.39 is 42.1 Å². The predicted molar refractivity (Wildman–Crippen MR) is 95.4 cm³/mol. The first-order valence-corrected chi connectivity index (χ1v) is 8.81. The molecule has 1 aliphatic carbocycles. The van der Waals surface area contributed by atoms with Crippen LogP contribution in [0.4, 0.5) is 27.8 Å². The number of hydrogen-bond donors (Lipinski definition) is 5. The number of allylic oxidation sites excluding steroid dienone is 1. The lowest BCUT2D eigenvalue weighted by molar-refractivity contribution is -0.0555. The predicted octanol–water partition coefficient (Wildman–Crippen LogP) is 2.19. The lowest BCUT2D eigenvalue weighted by atomic mass is 9.87. The van der Waals surface area contributed by atoms with Crippen molar-refractivity contribution >= 4 is 23.5 Å². The third-order valence-electron chi connectivity index (χ3n) is 4.95. The van der Waals surface area contributed by atoms with Crippen molar-refractivity contribution in [3.8, 4) is 0 Å². The number of halogens is 5. The zero-order valence-corrected chi connectivity index (χ0v) is 15.0. The Morgan fingerprint density at radius 1 is 1.41 bits per heavy atom. The fraction of sp³-hybridized carbons (Fsp3) is 0.471. The Balaban J connectivity index is 2.04. The molecule has 0 bridgehead atoms. The summed E-state index contributed by atoms with van der Waals surface area (Å²) >= 11 is 0. The first kappa shape index (κ1) is 21.0. The van der Waals surface area contributed by atoms with Crippen molar-refractivity contribution in [2.75, 3.05) is 5.32 Å². The van der Waals surface area contributed by atoms with Crippen molar-refractivity contribution in [1.82, 2.24) is 15.6 Å². The highest BCUT2D eigenvalue weighted by Gasteiger charge is 2.45. The van der Waals surface area contributed by atoms with Crippen molar-refractivity contribution in [2.45, 2.75) is 50.4 Å². The van der Waals surface area contributed by atoms with Gasteiger partial charge in [0.25, 0.3) is 11.8 Å². The van der Waals surface area contributed by atoms with Crippen molar-refractivity contribution in [2.24, 2.45) is 5.73 Å². The first-order valence-electron chi connectivity index (χ1n) is 8.81. The molecule has 2 aliphatic rings. The zero-order chi connectivity index (χ0) is 21.3. The van der Waals surface area contributed by atoms with Crippen molar-refractivity contribution in [3.63, 3.8) is 0 Å². The molecule has 2 atom stereocenters. The van der Waals surface area contributed by atoms with Crippen LogP contribution in [0.15, 0.2) is 6.20 Å². The molecule has 1 aromatic rings. The lowest BCUT2D eigenvalue weighted by Gasteiger charge is -2.36. The molecule has 29 heavy (non-hydrogen) atoms. The van der Waals surface area contributed by atoms with Gasteiger partial charge in [-0.2, -0.15) is 8.78 Å². The van der Waals surface area contributed by atoms with Crippen LogP contribution < -0.4 is 21.7 Å². The molecule has 0 saturated heterocycles. The fourth-order valence-electron chi connectivity index (χ4n) is 3.45. The molecule has 3 rings (SSSR count). The molecule has 6 N–H and O–H groups in total. The van der Waals surface area contributed by atoms with Crippen LogP contribution in [-0.4, -0.2) is 41.7 Å². The molecule has 7 nitrogen and oxygen atoms in total. The Hall–Kier alpha value is -2.76. The maximum absolute atomic E-state index is 14.9. The van der Waals surface area contributed by atoms with Gasteiger partial charge in [-0.3, -0.25) is 4.79 Å². The van der Waals surface area contributed by atoms with E-state index in [0.29, 0.717) is 6.21 Å². The molecule has 0 unspecified atom stereocenters. The zero-order valence-electron chi connectivity index (χ0n) is 15.0. The number of nitrogens with two attached hydrogens (primary N) is 1. The van der Waals surface area contributed by atoms with Crippen LogP contribution in [0.2, 0.25) is 0 Å². The maximum atomic E-state index is 14.9. The Labute approximate surface area is 162 Å². The Bertz CT molecular complexity index is 859. The van der Waals surface area contributed by atoms with Crippen molar-refractivity contribution < 1.29 is 26.7 Å². The Morgan fingerprint density at radius 3 is 2.79 bits per heavy atom. The minimum Gasteiger partial charge on any atom is -0.363 e. The van der Waals surface area contributed by atoms with Gasteiger partial charge in [0.15, 0.2) is 11.6 Å². The maximum Gasteiger partial charge on any atom is 0.312 e. The van der Waals surface area contributed by atoms with Gasteiger partial charge in [-0.1, -0.05) is 0 Å². The topological polar surface area (TPSA) is 116 Å². The van der Waals surface area contributed by atoms with Crippen LogP contribution in [0.25, 0.3) is 5.57 Å². The molecule has 2 heterocycles. The highest BCUT2D eigenvalue weighted by molar-refractivity contribution is 6.13. The molecule has 1 fully saturated rings. The standard InChI is InChI=1S/C17H19F5N6O/c18-11-8-6-25-15(29)10(8)12(7(4-23)5-26-16(19)20)28-14(11)27-9-2-1-3-17(21,22)13(9)24/h4-5,9,13,16,23,26H,1-3,6,24H2,(H,25,29)(H,27,28)/b7-5+,23-4?/t9-,13-/m1/s1. The summed E-state index contributed by atoms with van der Waals surface area (Å²) in [5, 5.41) is 14.1. The number of anilines is 1. The minimum atomic E-state index is -3.13. The number of nitrogens with one attached hydrogen (secondary N) is 4. The van der Waals surface area contributed by atoms with E-state index in [9.17, 15) is 26.7 Å². The SMILES string of the molecule is N=C/C(=C\NC(F)F)c1nc(N[C@@H]2CCCC(F)(F)[C@@H]2N)c(F)c2c1C(=O)NC2. The lowest BCUT2D eigenvalue weighted by Crippen LogP contribution is -2.55. The average molecular weight is 418 g/mol. The molecule has 1 amide bonds. The van der Waals surface area contributed by atoms with E-state index in [1.165, 1.54) is 0 Å². The van der Waals surface area contributed by atoms with Gasteiger partial charge in [0, 0.05) is 42.6 Å². The van der Waals surface area contributed by atoms with Crippen LogP contribution in [-0.2, 0) is 6.54 Å². The largest absolute Gasteiger partial charge is 0.363 e. The molecular formula is C17H19F5N6O. The van der Waals surface area contributed by atoms with E-state index in [-0.39, 0.29) is 48.2 Å². The molecule has 158 valence electrons. The molecule has 0 radical (unpaired) electrons. The molecular weight excluding hydrogens is 399 g/mol. The number of carbonyl (C=O) groups is 1. The third-order valence-corrected chi connectivity index (χ3v) is 4.95. The summed E-state index contributed by atoms with van der Waals surface area (Å²) in [4.78, 5) is 16.1. The van der Waals surface area contributed by atoms with E-state index >= 15 is 0 Å². The monoisotopic (exact) mass is 418 g/mol. The second-order valence-corrected chi connectivity index (χ2v) is 6.80.